The lowest BCUT2D eigenvalue weighted by molar-refractivity contribution is 0.660. The van der Waals surface area contributed by atoms with Gasteiger partial charge in [0.05, 0.1) is 5.69 Å². The number of nitrogens with zero attached hydrogens (tertiary/aromatic N) is 2. The van der Waals surface area contributed by atoms with Gasteiger partial charge in [-0.05, 0) is 138 Å². The Bertz CT molecular complexity index is 3590. The lowest BCUT2D eigenvalue weighted by Gasteiger charge is -2.29. The maximum Gasteiger partial charge on any atom is 0.0546 e. The maximum atomic E-state index is 2.42. The number of benzene rings is 11. The average Bonchev–Trinajstić information content (AvgIpc) is 3.62. The molecular formula is C65H48N2. The summed E-state index contributed by atoms with van der Waals surface area (Å²) in [6.45, 7) is 4.70. The Hall–Kier alpha value is -8.46. The highest BCUT2D eigenvalue weighted by Crippen LogP contribution is 2.51. The van der Waals surface area contributed by atoms with Gasteiger partial charge >= 0.3 is 0 Å². The van der Waals surface area contributed by atoms with Crippen LogP contribution in [0.25, 0.3) is 66.1 Å². The molecule has 11 aromatic carbocycles. The van der Waals surface area contributed by atoms with Gasteiger partial charge in [-0.3, -0.25) is 0 Å². The molecule has 0 heterocycles. The first-order valence-corrected chi connectivity index (χ1v) is 23.2. The van der Waals surface area contributed by atoms with Crippen LogP contribution in [-0.2, 0) is 5.41 Å². The van der Waals surface area contributed by atoms with E-state index in [9.17, 15) is 0 Å². The van der Waals surface area contributed by atoms with Crippen LogP contribution in [0, 0.1) is 0 Å². The van der Waals surface area contributed by atoms with E-state index in [1.807, 2.05) is 0 Å². The summed E-state index contributed by atoms with van der Waals surface area (Å²) in [6.07, 6.45) is 0. The fourth-order valence-electron chi connectivity index (χ4n) is 10.4. The van der Waals surface area contributed by atoms with E-state index < -0.39 is 0 Å². The van der Waals surface area contributed by atoms with Crippen LogP contribution >= 0.6 is 0 Å². The van der Waals surface area contributed by atoms with E-state index in [1.165, 1.54) is 77.2 Å². The molecule has 11 aromatic rings. The monoisotopic (exact) mass is 856 g/mol. The Morgan fingerprint density at radius 3 is 1.57 bits per heavy atom. The molecule has 0 atom stereocenters. The Kier molecular flexibility index (Phi) is 9.88. The van der Waals surface area contributed by atoms with Crippen LogP contribution in [0.4, 0.5) is 34.1 Å². The molecule has 0 radical (unpaired) electrons. The van der Waals surface area contributed by atoms with Gasteiger partial charge in [-0.25, -0.2) is 0 Å². The molecule has 0 bridgehead atoms. The minimum Gasteiger partial charge on any atom is -0.310 e. The van der Waals surface area contributed by atoms with Crippen molar-refractivity contribution in [2.75, 3.05) is 9.80 Å². The maximum absolute atomic E-state index is 2.42. The molecule has 0 unspecified atom stereocenters. The first-order valence-electron chi connectivity index (χ1n) is 23.2. The number of hydrogen-bond acceptors (Lipinski definition) is 2. The largest absolute Gasteiger partial charge is 0.310 e. The Labute approximate surface area is 393 Å². The third-order valence-electron chi connectivity index (χ3n) is 13.8. The topological polar surface area (TPSA) is 6.48 Å². The molecule has 1 aliphatic carbocycles. The van der Waals surface area contributed by atoms with Gasteiger partial charge in [0, 0.05) is 39.4 Å². The highest BCUT2D eigenvalue weighted by Gasteiger charge is 2.35. The fourth-order valence-corrected chi connectivity index (χ4v) is 10.4. The molecule has 0 spiro atoms. The first kappa shape index (κ1) is 40.1. The minimum atomic E-state index is -0.0893. The van der Waals surface area contributed by atoms with Crippen molar-refractivity contribution in [1.29, 1.82) is 0 Å². The third-order valence-corrected chi connectivity index (χ3v) is 13.8. The van der Waals surface area contributed by atoms with Gasteiger partial charge in [0.15, 0.2) is 0 Å². The van der Waals surface area contributed by atoms with Crippen molar-refractivity contribution in [2.45, 2.75) is 19.3 Å². The molecule has 0 amide bonds. The quantitative estimate of drug-likeness (QED) is 0.143. The van der Waals surface area contributed by atoms with E-state index in [0.717, 1.165) is 34.1 Å². The SMILES string of the molecule is CC1(C)c2ccccc2-c2ccc(N(c3ccccc3)c3cccc(-c4ccc(-c5ccc(N(c6ccc7ccccc7c6)c6ccc7ccccc7c6-c6ccccc6)cc5)cc4)c3)cc21. The standard InChI is InChI=1S/C65H48N2/c1-65(2)61-27-14-13-26-59(61)60-40-39-57(44-62(60)65)66(53-22-7-4-8-23-53)55-24-15-21-52(42-55)48-30-28-46(29-31-48)47-32-36-54(37-33-47)67(56-38-34-45-16-9-10-20-51(45)43-56)63-41-35-49-17-11-12-25-58(49)64(63)50-18-5-3-6-19-50/h3-44H,1-2H3. The molecule has 318 valence electrons. The summed E-state index contributed by atoms with van der Waals surface area (Å²) in [5.41, 5.74) is 19.1. The molecule has 67 heavy (non-hydrogen) atoms. The minimum absolute atomic E-state index is 0.0893. The summed E-state index contributed by atoms with van der Waals surface area (Å²) in [6, 6.07) is 93.0. The van der Waals surface area contributed by atoms with E-state index in [2.05, 4.69) is 278 Å². The van der Waals surface area contributed by atoms with Crippen molar-refractivity contribution >= 4 is 55.7 Å². The zero-order valence-corrected chi connectivity index (χ0v) is 37.6. The summed E-state index contributed by atoms with van der Waals surface area (Å²) in [7, 11) is 0. The van der Waals surface area contributed by atoms with Gasteiger partial charge in [0.2, 0.25) is 0 Å². The van der Waals surface area contributed by atoms with Crippen molar-refractivity contribution in [2.24, 2.45) is 0 Å². The molecule has 1 aliphatic rings. The molecule has 2 nitrogen and oxygen atoms in total. The first-order chi connectivity index (χ1) is 33.0. The molecule has 0 saturated carbocycles. The van der Waals surface area contributed by atoms with Crippen LogP contribution in [-0.4, -0.2) is 0 Å². The van der Waals surface area contributed by atoms with E-state index in [4.69, 9.17) is 0 Å². The number of anilines is 6. The van der Waals surface area contributed by atoms with E-state index in [-0.39, 0.29) is 5.41 Å². The number of fused-ring (bicyclic) bond motifs is 5. The van der Waals surface area contributed by atoms with E-state index in [1.54, 1.807) is 0 Å². The average molecular weight is 857 g/mol. The van der Waals surface area contributed by atoms with Crippen LogP contribution in [0.15, 0.2) is 255 Å². The summed E-state index contributed by atoms with van der Waals surface area (Å²) >= 11 is 0. The van der Waals surface area contributed by atoms with Crippen LogP contribution in [0.5, 0.6) is 0 Å². The Balaban J connectivity index is 0.889. The molecule has 12 rings (SSSR count). The normalized spacial score (nSPS) is 12.4. The highest BCUT2D eigenvalue weighted by atomic mass is 15.1. The summed E-state index contributed by atoms with van der Waals surface area (Å²) in [5, 5.41) is 4.88. The van der Waals surface area contributed by atoms with Crippen molar-refractivity contribution < 1.29 is 0 Å². The second-order valence-electron chi connectivity index (χ2n) is 18.2. The van der Waals surface area contributed by atoms with Crippen LogP contribution in [0.3, 0.4) is 0 Å². The van der Waals surface area contributed by atoms with Gasteiger partial charge in [-0.15, -0.1) is 0 Å². The Morgan fingerprint density at radius 1 is 0.284 bits per heavy atom. The second-order valence-corrected chi connectivity index (χ2v) is 18.2. The van der Waals surface area contributed by atoms with Crippen molar-refractivity contribution in [3.8, 4) is 44.5 Å². The van der Waals surface area contributed by atoms with Gasteiger partial charge < -0.3 is 9.80 Å². The van der Waals surface area contributed by atoms with Crippen LogP contribution in [0.1, 0.15) is 25.0 Å². The zero-order chi connectivity index (χ0) is 44.9. The summed E-state index contributed by atoms with van der Waals surface area (Å²) in [4.78, 5) is 4.81. The highest BCUT2D eigenvalue weighted by molar-refractivity contribution is 6.06. The van der Waals surface area contributed by atoms with Crippen molar-refractivity contribution in [1.82, 2.24) is 0 Å². The third kappa shape index (κ3) is 7.15. The van der Waals surface area contributed by atoms with E-state index >= 15 is 0 Å². The number of hydrogen-bond donors (Lipinski definition) is 0. The van der Waals surface area contributed by atoms with E-state index in [0.29, 0.717) is 0 Å². The molecular weight excluding hydrogens is 809 g/mol. The zero-order valence-electron chi connectivity index (χ0n) is 37.6. The molecule has 2 heteroatoms. The van der Waals surface area contributed by atoms with Crippen molar-refractivity contribution in [3.63, 3.8) is 0 Å². The summed E-state index contributed by atoms with van der Waals surface area (Å²) in [5.74, 6) is 0. The molecule has 0 fully saturated rings. The molecule has 0 aliphatic heterocycles. The van der Waals surface area contributed by atoms with Gasteiger partial charge in [-0.2, -0.15) is 0 Å². The van der Waals surface area contributed by atoms with Crippen LogP contribution < -0.4 is 9.80 Å². The lowest BCUT2D eigenvalue weighted by Crippen LogP contribution is -2.16. The number of para-hydroxylation sites is 1. The predicted octanol–water partition coefficient (Wildman–Crippen LogP) is 18.2. The molecule has 0 aromatic heterocycles. The second kappa shape index (κ2) is 16.5. The Morgan fingerprint density at radius 2 is 0.791 bits per heavy atom. The van der Waals surface area contributed by atoms with Gasteiger partial charge in [-0.1, -0.05) is 202 Å². The van der Waals surface area contributed by atoms with Crippen LogP contribution in [0.2, 0.25) is 0 Å². The predicted molar refractivity (Wildman–Crippen MR) is 285 cm³/mol. The van der Waals surface area contributed by atoms with Gasteiger partial charge in [0.1, 0.15) is 0 Å². The molecule has 0 saturated heterocycles. The van der Waals surface area contributed by atoms with Gasteiger partial charge in [0.25, 0.3) is 0 Å². The lowest BCUT2D eigenvalue weighted by atomic mass is 9.82. The smallest absolute Gasteiger partial charge is 0.0546 e. The number of rotatable bonds is 9. The fraction of sp³-hybridized carbons (Fsp3) is 0.0462. The summed E-state index contributed by atoms with van der Waals surface area (Å²) < 4.78 is 0. The van der Waals surface area contributed by atoms with Crippen molar-refractivity contribution in [3.05, 3.63) is 266 Å². The molecule has 0 N–H and O–H groups in total.